The van der Waals surface area contributed by atoms with Crippen LogP contribution in [0.2, 0.25) is 0 Å². The zero-order valence-electron chi connectivity index (χ0n) is 20.5. The minimum Gasteiger partial charge on any atom is -0.487 e. The first-order valence-electron chi connectivity index (χ1n) is 11.9. The molecule has 1 aromatic carbocycles. The molecule has 9 heteroatoms. The summed E-state index contributed by atoms with van der Waals surface area (Å²) in [5.41, 5.74) is -0.466. The molecular weight excluding hydrogens is 456 g/mol. The molecule has 0 unspecified atom stereocenters. The highest BCUT2D eigenvalue weighted by Gasteiger charge is 2.38. The second kappa shape index (κ2) is 10.6. The number of hydrogen-bond donors (Lipinski definition) is 2. The van der Waals surface area contributed by atoms with Crippen LogP contribution in [0, 0.1) is 17.8 Å². The van der Waals surface area contributed by atoms with Crippen LogP contribution < -0.4 is 4.74 Å². The molecule has 2 N–H and O–H groups in total. The van der Waals surface area contributed by atoms with Crippen LogP contribution in [0.3, 0.4) is 0 Å². The lowest BCUT2D eigenvalue weighted by Crippen LogP contribution is -2.50. The highest BCUT2D eigenvalue weighted by molar-refractivity contribution is 7.89. The molecule has 2 aliphatic rings. The van der Waals surface area contributed by atoms with E-state index in [1.165, 1.54) is 10.4 Å². The van der Waals surface area contributed by atoms with Crippen LogP contribution in [-0.4, -0.2) is 78.2 Å². The Morgan fingerprint density at radius 3 is 2.65 bits per heavy atom. The number of rotatable bonds is 5. The van der Waals surface area contributed by atoms with Gasteiger partial charge in [0.15, 0.2) is 0 Å². The normalized spacial score (nSPS) is 24.5. The predicted octanol–water partition coefficient (Wildman–Crippen LogP) is 1.98. The summed E-state index contributed by atoms with van der Waals surface area (Å²) in [6.45, 7) is 5.46. The summed E-state index contributed by atoms with van der Waals surface area (Å²) in [4.78, 5) is 13.8. The lowest BCUT2D eigenvalue weighted by Gasteiger charge is -2.37. The summed E-state index contributed by atoms with van der Waals surface area (Å²) in [6, 6.07) is 4.05. The van der Waals surface area contributed by atoms with Crippen molar-refractivity contribution in [1.29, 1.82) is 0 Å². The molecule has 1 heterocycles. The van der Waals surface area contributed by atoms with Gasteiger partial charge < -0.3 is 19.8 Å². The zero-order chi connectivity index (χ0) is 25.1. The van der Waals surface area contributed by atoms with Crippen molar-refractivity contribution >= 4 is 15.9 Å². The smallest absolute Gasteiger partial charge is 0.247 e. The van der Waals surface area contributed by atoms with Gasteiger partial charge in [-0.2, -0.15) is 4.31 Å². The average molecular weight is 493 g/mol. The molecule has 0 aromatic heterocycles. The van der Waals surface area contributed by atoms with E-state index in [1.807, 2.05) is 6.92 Å². The summed E-state index contributed by atoms with van der Waals surface area (Å²) in [6.07, 6.45) is 3.00. The van der Waals surface area contributed by atoms with Crippen molar-refractivity contribution in [2.45, 2.75) is 75.5 Å². The van der Waals surface area contributed by atoms with Crippen molar-refractivity contribution in [3.63, 3.8) is 0 Å². The van der Waals surface area contributed by atoms with Gasteiger partial charge in [0.25, 0.3) is 0 Å². The Bertz CT molecular complexity index is 1050. The molecule has 3 rings (SSSR count). The maximum atomic E-state index is 13.5. The molecule has 1 amide bonds. The van der Waals surface area contributed by atoms with Crippen molar-refractivity contribution in [1.82, 2.24) is 9.21 Å². The molecule has 34 heavy (non-hydrogen) atoms. The number of ether oxygens (including phenoxy) is 1. The summed E-state index contributed by atoms with van der Waals surface area (Å²) in [5, 5.41) is 20.3. The van der Waals surface area contributed by atoms with Crippen molar-refractivity contribution in [3.8, 4) is 17.6 Å². The van der Waals surface area contributed by atoms with Crippen molar-refractivity contribution < 1.29 is 28.2 Å². The fraction of sp³-hybridized carbons (Fsp3) is 0.640. The SMILES string of the molecule is CCC(=O)N(C)C[C@@H]1Oc2cc(C#CC3(O)CCCC3)ccc2S(=O)(=O)N([C@@H](C)CO)C[C@@H]1C. The van der Waals surface area contributed by atoms with Crippen LogP contribution in [0.5, 0.6) is 5.75 Å². The number of amides is 1. The minimum absolute atomic E-state index is 0.000649. The number of benzene rings is 1. The van der Waals surface area contributed by atoms with E-state index < -0.39 is 27.8 Å². The molecule has 8 nitrogen and oxygen atoms in total. The number of aliphatic hydroxyl groups excluding tert-OH is 1. The lowest BCUT2D eigenvalue weighted by molar-refractivity contribution is -0.131. The number of likely N-dealkylation sites (N-methyl/N-ethyl adjacent to an activating group) is 1. The van der Waals surface area contributed by atoms with Crippen LogP contribution >= 0.6 is 0 Å². The van der Waals surface area contributed by atoms with E-state index in [-0.39, 0.29) is 35.6 Å². The predicted molar refractivity (Wildman–Crippen MR) is 129 cm³/mol. The number of carbonyl (C=O) groups excluding carboxylic acids is 1. The van der Waals surface area contributed by atoms with Crippen LogP contribution in [0.1, 0.15) is 58.4 Å². The third kappa shape index (κ3) is 5.74. The van der Waals surface area contributed by atoms with Gasteiger partial charge in [0, 0.05) is 37.5 Å². The van der Waals surface area contributed by atoms with Crippen LogP contribution in [-0.2, 0) is 14.8 Å². The Morgan fingerprint density at radius 1 is 1.35 bits per heavy atom. The maximum absolute atomic E-state index is 13.5. The minimum atomic E-state index is -3.95. The van der Waals surface area contributed by atoms with Crippen molar-refractivity contribution in [2.24, 2.45) is 5.92 Å². The number of aliphatic hydroxyl groups is 2. The van der Waals surface area contributed by atoms with E-state index >= 15 is 0 Å². The topological polar surface area (TPSA) is 107 Å². The molecule has 1 aliphatic heterocycles. The highest BCUT2D eigenvalue weighted by Crippen LogP contribution is 2.34. The highest BCUT2D eigenvalue weighted by atomic mass is 32.2. The van der Waals surface area contributed by atoms with Gasteiger partial charge in [0.1, 0.15) is 22.4 Å². The largest absolute Gasteiger partial charge is 0.487 e. The average Bonchev–Trinajstić information content (AvgIpc) is 3.25. The molecule has 188 valence electrons. The molecule has 0 radical (unpaired) electrons. The van der Waals surface area contributed by atoms with Gasteiger partial charge in [-0.15, -0.1) is 0 Å². The Labute approximate surface area is 202 Å². The number of carbonyl (C=O) groups is 1. The zero-order valence-corrected chi connectivity index (χ0v) is 21.3. The molecule has 1 saturated carbocycles. The van der Waals surface area contributed by atoms with Gasteiger partial charge >= 0.3 is 0 Å². The molecular formula is C25H36N2O6S. The first-order valence-corrected chi connectivity index (χ1v) is 13.4. The van der Waals surface area contributed by atoms with E-state index in [4.69, 9.17) is 4.74 Å². The Hall–Kier alpha value is -2.12. The van der Waals surface area contributed by atoms with Gasteiger partial charge in [0.2, 0.25) is 15.9 Å². The second-order valence-electron chi connectivity index (χ2n) is 9.52. The molecule has 3 atom stereocenters. The van der Waals surface area contributed by atoms with E-state index in [1.54, 1.807) is 37.9 Å². The fourth-order valence-electron chi connectivity index (χ4n) is 4.44. The quantitative estimate of drug-likeness (QED) is 0.609. The molecule has 1 fully saturated rings. The van der Waals surface area contributed by atoms with Crippen molar-refractivity contribution in [3.05, 3.63) is 23.8 Å². The summed E-state index contributed by atoms with van der Waals surface area (Å²) < 4.78 is 34.6. The molecule has 0 bridgehead atoms. The van der Waals surface area contributed by atoms with Crippen LogP contribution in [0.15, 0.2) is 23.1 Å². The lowest BCUT2D eigenvalue weighted by atomic mass is 10.0. The number of sulfonamides is 1. The van der Waals surface area contributed by atoms with Crippen LogP contribution in [0.4, 0.5) is 0 Å². The summed E-state index contributed by atoms with van der Waals surface area (Å²) in [7, 11) is -2.24. The number of fused-ring (bicyclic) bond motifs is 1. The first-order chi connectivity index (χ1) is 16.0. The maximum Gasteiger partial charge on any atom is 0.247 e. The third-order valence-corrected chi connectivity index (χ3v) is 8.74. The summed E-state index contributed by atoms with van der Waals surface area (Å²) in [5.74, 6) is 5.81. The van der Waals surface area contributed by atoms with E-state index in [0.717, 1.165) is 12.8 Å². The Morgan fingerprint density at radius 2 is 2.03 bits per heavy atom. The van der Waals surface area contributed by atoms with E-state index in [9.17, 15) is 23.4 Å². The van der Waals surface area contributed by atoms with Gasteiger partial charge in [-0.25, -0.2) is 8.42 Å². The number of nitrogens with zero attached hydrogens (tertiary/aromatic N) is 2. The standard InChI is InChI=1S/C25H36N2O6S/c1-5-24(29)26(4)16-22-18(2)15-27(19(3)17-28)34(31,32)23-9-8-20(14-21(23)33-22)10-13-25(30)11-6-7-12-25/h8-9,14,18-19,22,28,30H,5-7,11-12,15-17H2,1-4H3/t18-,19-,22-/m0/s1. The number of hydrogen-bond acceptors (Lipinski definition) is 6. The Kier molecular flexibility index (Phi) is 8.30. The van der Waals surface area contributed by atoms with E-state index in [2.05, 4.69) is 11.8 Å². The summed E-state index contributed by atoms with van der Waals surface area (Å²) >= 11 is 0. The van der Waals surface area contributed by atoms with Gasteiger partial charge in [-0.1, -0.05) is 25.7 Å². The van der Waals surface area contributed by atoms with Gasteiger partial charge in [0.05, 0.1) is 13.2 Å². The molecule has 0 saturated heterocycles. The Balaban J connectivity index is 2.05. The monoisotopic (exact) mass is 492 g/mol. The molecule has 1 aromatic rings. The van der Waals surface area contributed by atoms with Gasteiger partial charge in [-0.05, 0) is 50.8 Å². The second-order valence-corrected chi connectivity index (χ2v) is 11.4. The third-order valence-electron chi connectivity index (χ3n) is 6.72. The van der Waals surface area contributed by atoms with Crippen LogP contribution in [0.25, 0.3) is 0 Å². The van der Waals surface area contributed by atoms with Gasteiger partial charge in [-0.3, -0.25) is 4.79 Å². The first kappa shape index (κ1) is 26.5. The fourth-order valence-corrected chi connectivity index (χ4v) is 6.26. The van der Waals surface area contributed by atoms with E-state index in [0.29, 0.717) is 31.4 Å². The molecule has 1 aliphatic carbocycles. The molecule has 0 spiro atoms. The van der Waals surface area contributed by atoms with Crippen molar-refractivity contribution in [2.75, 3.05) is 26.7 Å².